The summed E-state index contributed by atoms with van der Waals surface area (Å²) in [5.74, 6) is 2.59. The van der Waals surface area contributed by atoms with Gasteiger partial charge in [0.15, 0.2) is 0 Å². The number of ether oxygens (including phenoxy) is 1. The molecule has 2 saturated heterocycles. The van der Waals surface area contributed by atoms with Gasteiger partial charge in [0.1, 0.15) is 11.6 Å². The van der Waals surface area contributed by atoms with Crippen molar-refractivity contribution in [1.82, 2.24) is 14.9 Å². The predicted molar refractivity (Wildman–Crippen MR) is 107 cm³/mol. The summed E-state index contributed by atoms with van der Waals surface area (Å²) in [5, 5.41) is 0. The molecule has 6 nitrogen and oxygen atoms in total. The number of nitrogens with zero attached hydrogens (tertiary/aromatic N) is 4. The molecule has 1 aromatic heterocycles. The minimum Gasteiger partial charge on any atom is -0.385 e. The molecular formula is C21H34N4O2. The maximum atomic E-state index is 12.4. The first-order valence-corrected chi connectivity index (χ1v) is 10.3. The summed E-state index contributed by atoms with van der Waals surface area (Å²) in [6, 6.07) is 2.11. The van der Waals surface area contributed by atoms with Crippen molar-refractivity contribution in [3.63, 3.8) is 0 Å². The van der Waals surface area contributed by atoms with Crippen LogP contribution in [0.15, 0.2) is 6.07 Å². The molecule has 1 aromatic rings. The molecule has 1 atom stereocenters. The number of hydrogen-bond donors (Lipinski definition) is 0. The predicted octanol–water partition coefficient (Wildman–Crippen LogP) is 3.15. The normalized spacial score (nSPS) is 23.5. The van der Waals surface area contributed by atoms with E-state index in [2.05, 4.69) is 34.7 Å². The van der Waals surface area contributed by atoms with Crippen molar-refractivity contribution in [2.24, 2.45) is 5.41 Å². The molecule has 150 valence electrons. The fourth-order valence-electron chi connectivity index (χ4n) is 4.44. The van der Waals surface area contributed by atoms with Crippen LogP contribution < -0.4 is 4.90 Å². The van der Waals surface area contributed by atoms with Crippen molar-refractivity contribution >= 4 is 11.7 Å². The van der Waals surface area contributed by atoms with Crippen LogP contribution in [-0.4, -0.2) is 60.7 Å². The van der Waals surface area contributed by atoms with Gasteiger partial charge >= 0.3 is 0 Å². The van der Waals surface area contributed by atoms with Crippen molar-refractivity contribution < 1.29 is 9.53 Å². The molecular weight excluding hydrogens is 340 g/mol. The molecule has 1 amide bonds. The number of rotatable bonds is 6. The average Bonchev–Trinajstić information content (AvgIpc) is 2.64. The third-order valence-electron chi connectivity index (χ3n) is 5.88. The number of hydrogen-bond acceptors (Lipinski definition) is 5. The van der Waals surface area contributed by atoms with Gasteiger partial charge in [0.05, 0.1) is 0 Å². The maximum absolute atomic E-state index is 12.4. The Labute approximate surface area is 163 Å². The molecule has 0 N–H and O–H groups in total. The van der Waals surface area contributed by atoms with E-state index in [9.17, 15) is 4.79 Å². The zero-order valence-electron chi connectivity index (χ0n) is 17.3. The van der Waals surface area contributed by atoms with E-state index in [0.29, 0.717) is 24.9 Å². The van der Waals surface area contributed by atoms with Gasteiger partial charge in [-0.1, -0.05) is 13.8 Å². The Morgan fingerprint density at radius 2 is 2.07 bits per heavy atom. The Balaban J connectivity index is 1.74. The summed E-state index contributed by atoms with van der Waals surface area (Å²) in [7, 11) is 1.72. The highest BCUT2D eigenvalue weighted by Crippen LogP contribution is 2.40. The standard InChI is InChI=1S/C21H34N4O2/c1-16(2)20-22-17(3)13-18(23-20)24-10-5-8-21(14-24)9-7-19(26)25(15-21)11-6-12-27-4/h13,16H,5-12,14-15H2,1-4H3/t21-/m0/s1. The molecule has 0 aliphatic carbocycles. The van der Waals surface area contributed by atoms with Gasteiger partial charge in [-0.25, -0.2) is 9.97 Å². The summed E-state index contributed by atoms with van der Waals surface area (Å²) in [6.45, 7) is 10.7. The van der Waals surface area contributed by atoms with E-state index >= 15 is 0 Å². The number of aryl methyl sites for hydroxylation is 1. The molecule has 3 heterocycles. The molecule has 27 heavy (non-hydrogen) atoms. The summed E-state index contributed by atoms with van der Waals surface area (Å²) in [4.78, 5) is 26.3. The van der Waals surface area contributed by atoms with Gasteiger partial charge in [-0.3, -0.25) is 4.79 Å². The summed E-state index contributed by atoms with van der Waals surface area (Å²) in [6.07, 6.45) is 4.91. The molecule has 0 aromatic carbocycles. The molecule has 0 bridgehead atoms. The quantitative estimate of drug-likeness (QED) is 0.716. The van der Waals surface area contributed by atoms with Gasteiger partial charge in [-0.15, -0.1) is 0 Å². The second-order valence-electron chi connectivity index (χ2n) is 8.57. The van der Waals surface area contributed by atoms with Gasteiger partial charge in [-0.05, 0) is 32.6 Å². The number of methoxy groups -OCH3 is 1. The fourth-order valence-corrected chi connectivity index (χ4v) is 4.44. The number of anilines is 1. The number of aromatic nitrogens is 2. The topological polar surface area (TPSA) is 58.6 Å². The van der Waals surface area contributed by atoms with E-state index < -0.39 is 0 Å². The van der Waals surface area contributed by atoms with Crippen LogP contribution >= 0.6 is 0 Å². The molecule has 2 fully saturated rings. The Morgan fingerprint density at radius 1 is 1.26 bits per heavy atom. The van der Waals surface area contributed by atoms with Crippen LogP contribution in [0.3, 0.4) is 0 Å². The molecule has 0 unspecified atom stereocenters. The Morgan fingerprint density at radius 3 is 2.81 bits per heavy atom. The van der Waals surface area contributed by atoms with Gasteiger partial charge in [0.25, 0.3) is 0 Å². The monoisotopic (exact) mass is 374 g/mol. The average molecular weight is 375 g/mol. The van der Waals surface area contributed by atoms with Crippen molar-refractivity contribution in [2.75, 3.05) is 44.8 Å². The van der Waals surface area contributed by atoms with Crippen LogP contribution in [0.5, 0.6) is 0 Å². The SMILES string of the molecule is COCCCN1C[C@@]2(CCCN(c3cc(C)nc(C(C)C)n3)C2)CCC1=O. The number of carbonyl (C=O) groups excluding carboxylic acids is 1. The molecule has 0 saturated carbocycles. The van der Waals surface area contributed by atoms with Gasteiger partial charge in [0, 0.05) is 69.4 Å². The first-order valence-electron chi connectivity index (χ1n) is 10.3. The van der Waals surface area contributed by atoms with Crippen LogP contribution in [0.1, 0.15) is 63.4 Å². The highest BCUT2D eigenvalue weighted by Gasteiger charge is 2.41. The van der Waals surface area contributed by atoms with Crippen molar-refractivity contribution in [3.05, 3.63) is 17.6 Å². The maximum Gasteiger partial charge on any atom is 0.222 e. The smallest absolute Gasteiger partial charge is 0.222 e. The van der Waals surface area contributed by atoms with Crippen LogP contribution in [0.4, 0.5) is 5.82 Å². The first-order chi connectivity index (χ1) is 12.9. The van der Waals surface area contributed by atoms with Crippen molar-refractivity contribution in [3.8, 4) is 0 Å². The van der Waals surface area contributed by atoms with Gasteiger partial charge < -0.3 is 14.5 Å². The summed E-state index contributed by atoms with van der Waals surface area (Å²) >= 11 is 0. The minimum absolute atomic E-state index is 0.191. The third-order valence-corrected chi connectivity index (χ3v) is 5.88. The first kappa shape index (κ1) is 20.1. The lowest BCUT2D eigenvalue weighted by Gasteiger charge is -2.48. The lowest BCUT2D eigenvalue weighted by molar-refractivity contribution is -0.138. The van der Waals surface area contributed by atoms with Crippen LogP contribution in [-0.2, 0) is 9.53 Å². The zero-order valence-corrected chi connectivity index (χ0v) is 17.3. The third kappa shape index (κ3) is 4.78. The Bertz CT molecular complexity index is 664. The van der Waals surface area contributed by atoms with E-state index in [1.54, 1.807) is 7.11 Å². The molecule has 2 aliphatic heterocycles. The summed E-state index contributed by atoms with van der Waals surface area (Å²) < 4.78 is 5.16. The van der Waals surface area contributed by atoms with E-state index in [1.165, 1.54) is 6.42 Å². The molecule has 1 spiro atoms. The highest BCUT2D eigenvalue weighted by molar-refractivity contribution is 5.77. The van der Waals surface area contributed by atoms with Crippen molar-refractivity contribution in [1.29, 1.82) is 0 Å². The fraction of sp³-hybridized carbons (Fsp3) is 0.762. The second kappa shape index (κ2) is 8.55. The largest absolute Gasteiger partial charge is 0.385 e. The number of likely N-dealkylation sites (tertiary alicyclic amines) is 1. The van der Waals surface area contributed by atoms with E-state index in [0.717, 1.165) is 62.8 Å². The molecule has 6 heteroatoms. The second-order valence-corrected chi connectivity index (χ2v) is 8.57. The zero-order chi connectivity index (χ0) is 19.4. The van der Waals surface area contributed by atoms with E-state index in [4.69, 9.17) is 9.72 Å². The van der Waals surface area contributed by atoms with Crippen LogP contribution in [0, 0.1) is 12.3 Å². The lowest BCUT2D eigenvalue weighted by Crippen LogP contribution is -2.54. The minimum atomic E-state index is 0.191. The molecule has 0 radical (unpaired) electrons. The van der Waals surface area contributed by atoms with Crippen molar-refractivity contribution in [2.45, 2.75) is 58.8 Å². The highest BCUT2D eigenvalue weighted by atomic mass is 16.5. The van der Waals surface area contributed by atoms with Crippen LogP contribution in [0.25, 0.3) is 0 Å². The lowest BCUT2D eigenvalue weighted by atomic mass is 9.73. The number of carbonyl (C=O) groups is 1. The van der Waals surface area contributed by atoms with Gasteiger partial charge in [0.2, 0.25) is 5.91 Å². The van der Waals surface area contributed by atoms with E-state index in [-0.39, 0.29) is 5.41 Å². The molecule has 3 rings (SSSR count). The van der Waals surface area contributed by atoms with E-state index in [1.807, 2.05) is 6.92 Å². The number of piperidine rings is 2. The van der Waals surface area contributed by atoms with Crippen LogP contribution in [0.2, 0.25) is 0 Å². The Hall–Kier alpha value is -1.69. The Kier molecular flexibility index (Phi) is 6.35. The summed E-state index contributed by atoms with van der Waals surface area (Å²) in [5.41, 5.74) is 1.22. The molecule has 2 aliphatic rings. The number of amides is 1. The van der Waals surface area contributed by atoms with Gasteiger partial charge in [-0.2, -0.15) is 0 Å².